The van der Waals surface area contributed by atoms with Gasteiger partial charge in [-0.15, -0.1) is 0 Å². The number of carbonyl (C=O) groups is 1. The zero-order valence-electron chi connectivity index (χ0n) is 8.17. The molecule has 0 aliphatic carbocycles. The van der Waals surface area contributed by atoms with Crippen LogP contribution in [0.15, 0.2) is 0 Å². The van der Waals surface area contributed by atoms with Crippen molar-refractivity contribution in [1.82, 2.24) is 0 Å². The summed E-state index contributed by atoms with van der Waals surface area (Å²) in [6.45, 7) is 8.72. The summed E-state index contributed by atoms with van der Waals surface area (Å²) >= 11 is 0. The van der Waals surface area contributed by atoms with E-state index in [-0.39, 0.29) is 5.97 Å². The third-order valence-corrected chi connectivity index (χ3v) is 6.42. The van der Waals surface area contributed by atoms with Crippen LogP contribution in [0.2, 0.25) is 0 Å². The Hall–Kier alpha value is -0.300. The molecule has 1 atom stereocenters. The summed E-state index contributed by atoms with van der Waals surface area (Å²) in [5.74, 6) is -0.349. The molecule has 1 fully saturated rings. The van der Waals surface area contributed by atoms with Crippen LogP contribution in [0.5, 0.6) is 0 Å². The van der Waals surface area contributed by atoms with E-state index in [4.69, 9.17) is 4.52 Å². The van der Waals surface area contributed by atoms with Gasteiger partial charge in [0.25, 0.3) is 7.37 Å². The number of hydrogen-bond donors (Lipinski definition) is 0. The highest BCUT2D eigenvalue weighted by Crippen LogP contribution is 2.68. The molecule has 0 aromatic rings. The fraction of sp³-hybridized carbons (Fsp3) is 0.875. The Balaban J connectivity index is 3.29. The van der Waals surface area contributed by atoms with Crippen LogP contribution in [0, 0.1) is 5.41 Å². The van der Waals surface area contributed by atoms with Gasteiger partial charge in [0.1, 0.15) is 0 Å². The first-order valence-electron chi connectivity index (χ1n) is 3.94. The maximum Gasteiger partial charge on any atom is 0.317 e. The first-order chi connectivity index (χ1) is 5.13. The van der Waals surface area contributed by atoms with Gasteiger partial charge in [0.2, 0.25) is 0 Å². The number of rotatable bonds is 0. The normalized spacial score (nSPS) is 37.9. The van der Waals surface area contributed by atoms with E-state index in [0.29, 0.717) is 0 Å². The molecule has 0 aromatic carbocycles. The van der Waals surface area contributed by atoms with E-state index < -0.39 is 17.9 Å². The van der Waals surface area contributed by atoms with E-state index in [1.54, 1.807) is 13.8 Å². The van der Waals surface area contributed by atoms with Crippen molar-refractivity contribution >= 4 is 13.3 Å². The zero-order valence-corrected chi connectivity index (χ0v) is 9.07. The minimum absolute atomic E-state index is 0.349. The highest BCUT2D eigenvalue weighted by atomic mass is 31.2. The van der Waals surface area contributed by atoms with E-state index in [9.17, 15) is 9.36 Å². The van der Waals surface area contributed by atoms with Crippen LogP contribution >= 0.6 is 7.37 Å². The molecule has 3 nitrogen and oxygen atoms in total. The molecule has 0 amide bonds. The molecule has 0 bridgehead atoms. The van der Waals surface area contributed by atoms with E-state index in [2.05, 4.69) is 0 Å². The summed E-state index contributed by atoms with van der Waals surface area (Å²) in [4.78, 5) is 11.3. The van der Waals surface area contributed by atoms with Crippen molar-refractivity contribution in [2.45, 2.75) is 32.9 Å². The minimum Gasteiger partial charge on any atom is -0.411 e. The summed E-state index contributed by atoms with van der Waals surface area (Å²) in [6, 6.07) is 0. The predicted octanol–water partition coefficient (Wildman–Crippen LogP) is 2.26. The third-order valence-electron chi connectivity index (χ3n) is 3.31. The van der Waals surface area contributed by atoms with Crippen molar-refractivity contribution in [3.63, 3.8) is 0 Å². The van der Waals surface area contributed by atoms with Gasteiger partial charge >= 0.3 is 5.97 Å². The Morgan fingerprint density at radius 2 is 1.67 bits per heavy atom. The van der Waals surface area contributed by atoms with Crippen LogP contribution in [0.3, 0.4) is 0 Å². The van der Waals surface area contributed by atoms with Gasteiger partial charge in [0.05, 0.1) is 10.6 Å². The van der Waals surface area contributed by atoms with Gasteiger partial charge in [-0.2, -0.15) is 0 Å². The summed E-state index contributed by atoms with van der Waals surface area (Å²) in [5, 5.41) is -0.558. The average molecular weight is 190 g/mol. The lowest BCUT2D eigenvalue weighted by atomic mass is 9.80. The SMILES string of the molecule is CC1(C)C(=O)OP(C)(=O)C1(C)C. The largest absolute Gasteiger partial charge is 0.411 e. The molecule has 0 aromatic heterocycles. The summed E-state index contributed by atoms with van der Waals surface area (Å²) in [5.41, 5.74) is -0.642. The fourth-order valence-electron chi connectivity index (χ4n) is 1.14. The summed E-state index contributed by atoms with van der Waals surface area (Å²) in [7, 11) is -2.77. The number of hydrogen-bond acceptors (Lipinski definition) is 3. The first-order valence-corrected chi connectivity index (χ1v) is 6.02. The molecule has 12 heavy (non-hydrogen) atoms. The van der Waals surface area contributed by atoms with Crippen molar-refractivity contribution in [3.8, 4) is 0 Å². The third kappa shape index (κ3) is 0.891. The van der Waals surface area contributed by atoms with E-state index in [0.717, 1.165) is 0 Å². The smallest absolute Gasteiger partial charge is 0.317 e. The monoisotopic (exact) mass is 190 g/mol. The van der Waals surface area contributed by atoms with Crippen molar-refractivity contribution in [3.05, 3.63) is 0 Å². The second-order valence-electron chi connectivity index (χ2n) is 4.41. The average Bonchev–Trinajstić information content (AvgIpc) is 1.92. The van der Waals surface area contributed by atoms with Gasteiger partial charge in [0, 0.05) is 6.66 Å². The lowest BCUT2D eigenvalue weighted by molar-refractivity contribution is -0.141. The molecule has 0 saturated carbocycles. The van der Waals surface area contributed by atoms with Gasteiger partial charge in [-0.1, -0.05) is 0 Å². The van der Waals surface area contributed by atoms with Gasteiger partial charge in [-0.05, 0) is 27.7 Å². The molecular formula is C8H15O3P. The van der Waals surface area contributed by atoms with Crippen molar-refractivity contribution < 1.29 is 13.9 Å². The molecule has 0 radical (unpaired) electrons. The fourth-order valence-corrected chi connectivity index (χ4v) is 3.02. The summed E-state index contributed by atoms with van der Waals surface area (Å²) < 4.78 is 16.7. The van der Waals surface area contributed by atoms with Crippen molar-refractivity contribution in [2.24, 2.45) is 5.41 Å². The molecule has 1 heterocycles. The quantitative estimate of drug-likeness (QED) is 0.550. The molecule has 0 N–H and O–H groups in total. The maximum atomic E-state index is 11.8. The molecule has 1 rings (SSSR count). The van der Waals surface area contributed by atoms with E-state index in [1.165, 1.54) is 6.66 Å². The molecule has 0 spiro atoms. The molecule has 4 heteroatoms. The van der Waals surface area contributed by atoms with Gasteiger partial charge in [0.15, 0.2) is 0 Å². The van der Waals surface area contributed by atoms with Crippen LogP contribution in [-0.4, -0.2) is 17.8 Å². The Kier molecular flexibility index (Phi) is 1.74. The van der Waals surface area contributed by atoms with Crippen LogP contribution in [0.4, 0.5) is 0 Å². The molecule has 1 aliphatic heterocycles. The summed E-state index contributed by atoms with van der Waals surface area (Å²) in [6.07, 6.45) is 0. The standard InChI is InChI=1S/C8H15O3P/c1-7(2)6(9)11-12(5,10)8(7,3)4/h1-5H3. The lowest BCUT2D eigenvalue weighted by Gasteiger charge is -2.30. The molecular weight excluding hydrogens is 175 g/mol. The van der Waals surface area contributed by atoms with Gasteiger partial charge in [-0.25, -0.2) is 0 Å². The highest BCUT2D eigenvalue weighted by molar-refractivity contribution is 7.61. The van der Waals surface area contributed by atoms with Crippen molar-refractivity contribution in [2.75, 3.05) is 6.66 Å². The topological polar surface area (TPSA) is 43.4 Å². The van der Waals surface area contributed by atoms with Crippen LogP contribution in [0.25, 0.3) is 0 Å². The van der Waals surface area contributed by atoms with Crippen LogP contribution in [-0.2, 0) is 13.9 Å². The Bertz CT molecular complexity index is 278. The Morgan fingerprint density at radius 3 is 1.75 bits per heavy atom. The molecule has 1 saturated heterocycles. The maximum absolute atomic E-state index is 11.8. The highest BCUT2D eigenvalue weighted by Gasteiger charge is 2.61. The van der Waals surface area contributed by atoms with Crippen LogP contribution < -0.4 is 0 Å². The molecule has 1 aliphatic rings. The van der Waals surface area contributed by atoms with Gasteiger partial charge < -0.3 is 4.52 Å². The molecule has 70 valence electrons. The number of carbonyl (C=O) groups excluding carboxylic acids is 1. The van der Waals surface area contributed by atoms with Crippen molar-refractivity contribution in [1.29, 1.82) is 0 Å². The van der Waals surface area contributed by atoms with Crippen LogP contribution in [0.1, 0.15) is 27.7 Å². The lowest BCUT2D eigenvalue weighted by Crippen LogP contribution is -2.37. The van der Waals surface area contributed by atoms with E-state index in [1.807, 2.05) is 13.8 Å². The second-order valence-corrected chi connectivity index (χ2v) is 7.40. The Morgan fingerprint density at radius 1 is 1.25 bits per heavy atom. The first kappa shape index (κ1) is 9.79. The molecule has 1 unspecified atom stereocenters. The van der Waals surface area contributed by atoms with E-state index >= 15 is 0 Å². The predicted molar refractivity (Wildman–Crippen MR) is 47.5 cm³/mol. The minimum atomic E-state index is -2.77. The zero-order chi connectivity index (χ0) is 9.78. The Labute approximate surface area is 72.9 Å². The van der Waals surface area contributed by atoms with Gasteiger partial charge in [-0.3, -0.25) is 9.36 Å². The second kappa shape index (κ2) is 2.14.